The first-order valence-electron chi connectivity index (χ1n) is 16.2. The van der Waals surface area contributed by atoms with E-state index in [1.165, 1.54) is 23.9 Å². The molecule has 0 saturated carbocycles. The van der Waals surface area contributed by atoms with Gasteiger partial charge in [0.1, 0.15) is 28.5 Å². The molecule has 1 atom stereocenters. The van der Waals surface area contributed by atoms with Gasteiger partial charge in [0.15, 0.2) is 11.0 Å². The number of halogens is 1. The van der Waals surface area contributed by atoms with Gasteiger partial charge >= 0.3 is 18.2 Å². The molecule has 13 heteroatoms. The number of ether oxygens (including phenoxy) is 4. The van der Waals surface area contributed by atoms with Gasteiger partial charge < -0.3 is 39.3 Å². The maximum Gasteiger partial charge on any atom is 0.408 e. The zero-order valence-electron chi connectivity index (χ0n) is 29.5. The number of fused-ring (bicyclic) bond motifs is 1. The van der Waals surface area contributed by atoms with Crippen LogP contribution in [-0.2, 0) is 20.8 Å². The molecule has 0 fully saturated rings. The van der Waals surface area contributed by atoms with Crippen molar-refractivity contribution in [3.05, 3.63) is 58.6 Å². The van der Waals surface area contributed by atoms with Crippen LogP contribution in [0.15, 0.2) is 47.4 Å². The third kappa shape index (κ3) is 10.6. The number of hydrogen-bond acceptors (Lipinski definition) is 8. The molecule has 2 amide bonds. The minimum absolute atomic E-state index is 0.0407. The van der Waals surface area contributed by atoms with Crippen molar-refractivity contribution in [2.75, 3.05) is 20.3 Å². The van der Waals surface area contributed by atoms with Gasteiger partial charge in [-0.2, -0.15) is 0 Å². The van der Waals surface area contributed by atoms with Crippen LogP contribution in [0.2, 0.25) is 0 Å². The maximum atomic E-state index is 15.6. The molecule has 0 unspecified atom stereocenters. The van der Waals surface area contributed by atoms with Gasteiger partial charge in [0.2, 0.25) is 0 Å². The number of carboxylic acid groups (broad SMARTS) is 1. The summed E-state index contributed by atoms with van der Waals surface area (Å²) in [6, 6.07) is 9.11. The molecule has 3 rings (SSSR count). The van der Waals surface area contributed by atoms with Gasteiger partial charge in [0, 0.05) is 18.3 Å². The lowest BCUT2D eigenvalue weighted by molar-refractivity contribution is -0.146. The number of hydrogen-bond donors (Lipinski definition) is 3. The molecule has 0 aliphatic carbocycles. The fraction of sp³-hybridized carbons (Fsp3) is 0.500. The second-order valence-corrected chi connectivity index (χ2v) is 13.7. The van der Waals surface area contributed by atoms with Crippen molar-refractivity contribution in [3.8, 4) is 22.6 Å². The third-order valence-electron chi connectivity index (χ3n) is 7.29. The number of amides is 2. The molecular formula is C36H48FN3O9. The molecule has 0 aliphatic rings. The summed E-state index contributed by atoms with van der Waals surface area (Å²) in [6.45, 7) is 12.0. The summed E-state index contributed by atoms with van der Waals surface area (Å²) in [6.07, 6.45) is 0.921. The quantitative estimate of drug-likeness (QED) is 0.158. The first-order chi connectivity index (χ1) is 22.9. The molecule has 0 spiro atoms. The molecule has 3 N–H and O–H groups in total. The average molecular weight is 686 g/mol. The van der Waals surface area contributed by atoms with Gasteiger partial charge in [0.25, 0.3) is 0 Å². The van der Waals surface area contributed by atoms with Crippen molar-refractivity contribution in [1.82, 2.24) is 15.2 Å². The minimum Gasteiger partial charge on any atom is -0.497 e. The van der Waals surface area contributed by atoms with Crippen molar-refractivity contribution >= 4 is 29.1 Å². The molecule has 1 heterocycles. The van der Waals surface area contributed by atoms with Crippen LogP contribution in [-0.4, -0.2) is 64.8 Å². The van der Waals surface area contributed by atoms with Crippen LogP contribution in [0.4, 0.5) is 14.0 Å². The zero-order chi connectivity index (χ0) is 36.6. The molecule has 49 heavy (non-hydrogen) atoms. The number of aliphatic carboxylic acids is 1. The van der Waals surface area contributed by atoms with Crippen LogP contribution in [0.1, 0.15) is 74.1 Å². The number of carbonyl (C=O) groups is 3. The van der Waals surface area contributed by atoms with E-state index >= 15 is 4.39 Å². The second-order valence-electron chi connectivity index (χ2n) is 13.7. The largest absolute Gasteiger partial charge is 0.497 e. The number of pyridine rings is 1. The summed E-state index contributed by atoms with van der Waals surface area (Å²) in [4.78, 5) is 52.5. The Morgan fingerprint density at radius 1 is 0.918 bits per heavy atom. The van der Waals surface area contributed by atoms with Crippen molar-refractivity contribution in [1.29, 1.82) is 0 Å². The van der Waals surface area contributed by atoms with E-state index in [-0.39, 0.29) is 48.2 Å². The van der Waals surface area contributed by atoms with Crippen molar-refractivity contribution in [2.24, 2.45) is 0 Å². The van der Waals surface area contributed by atoms with Gasteiger partial charge in [0.05, 0.1) is 31.2 Å². The molecule has 0 bridgehead atoms. The molecular weight excluding hydrogens is 637 g/mol. The number of carbonyl (C=O) groups excluding carboxylic acids is 2. The van der Waals surface area contributed by atoms with Gasteiger partial charge in [-0.3, -0.25) is 4.79 Å². The lowest BCUT2D eigenvalue weighted by Crippen LogP contribution is -2.58. The summed E-state index contributed by atoms with van der Waals surface area (Å²) in [5, 5.41) is 15.7. The van der Waals surface area contributed by atoms with E-state index in [4.69, 9.17) is 18.9 Å². The van der Waals surface area contributed by atoms with E-state index in [0.29, 0.717) is 24.2 Å². The predicted octanol–water partition coefficient (Wildman–Crippen LogP) is 6.65. The van der Waals surface area contributed by atoms with Crippen molar-refractivity contribution in [2.45, 2.75) is 97.4 Å². The van der Waals surface area contributed by atoms with Crippen LogP contribution in [0, 0.1) is 5.82 Å². The number of nitrogens with one attached hydrogen (secondary N) is 2. The van der Waals surface area contributed by atoms with Gasteiger partial charge in [-0.05, 0) is 97.1 Å². The lowest BCUT2D eigenvalue weighted by atomic mass is 9.91. The number of carboxylic acids is 1. The normalized spacial score (nSPS) is 12.9. The smallest absolute Gasteiger partial charge is 0.408 e. The first-order valence-corrected chi connectivity index (χ1v) is 16.2. The van der Waals surface area contributed by atoms with E-state index in [1.54, 1.807) is 65.8 Å². The van der Waals surface area contributed by atoms with E-state index in [9.17, 15) is 24.3 Å². The fourth-order valence-electron chi connectivity index (χ4n) is 5.15. The van der Waals surface area contributed by atoms with E-state index in [1.807, 2.05) is 6.92 Å². The number of unbranched alkanes of at least 4 members (excludes halogenated alkanes) is 1. The molecule has 2 aromatic carbocycles. The highest BCUT2D eigenvalue weighted by Crippen LogP contribution is 2.32. The summed E-state index contributed by atoms with van der Waals surface area (Å²) < 4.78 is 39.0. The molecule has 0 aliphatic heterocycles. The van der Waals surface area contributed by atoms with E-state index < -0.39 is 52.7 Å². The van der Waals surface area contributed by atoms with Crippen molar-refractivity contribution in [3.63, 3.8) is 0 Å². The molecule has 12 nitrogen and oxygen atoms in total. The van der Waals surface area contributed by atoms with Crippen LogP contribution in [0.25, 0.3) is 22.0 Å². The van der Waals surface area contributed by atoms with Gasteiger partial charge in [-0.15, -0.1) is 0 Å². The Balaban J connectivity index is 2.17. The number of nitrogens with zero attached hydrogens (tertiary/aromatic N) is 1. The third-order valence-corrected chi connectivity index (χ3v) is 7.29. The van der Waals surface area contributed by atoms with Gasteiger partial charge in [-0.1, -0.05) is 19.1 Å². The Labute approximate surface area is 285 Å². The number of aromatic nitrogens is 1. The monoisotopic (exact) mass is 685 g/mol. The fourth-order valence-corrected chi connectivity index (χ4v) is 5.15. The Hall–Kier alpha value is -4.81. The highest BCUT2D eigenvalue weighted by molar-refractivity contribution is 5.90. The SMILES string of the molecule is CCCOc1ccc(F)c2c(=O)c(-c3ccc(OC)cc3)cn(C[C@](CCCCNC(=O)OC(C)(C)C)(NC(=O)OC(C)(C)C)C(=O)O)c12. The van der Waals surface area contributed by atoms with E-state index in [0.717, 1.165) is 6.07 Å². The summed E-state index contributed by atoms with van der Waals surface area (Å²) >= 11 is 0. The zero-order valence-corrected chi connectivity index (χ0v) is 29.5. The topological polar surface area (TPSA) is 154 Å². The number of rotatable bonds is 14. The molecule has 1 aromatic heterocycles. The van der Waals surface area contributed by atoms with E-state index in [2.05, 4.69) is 10.6 Å². The number of alkyl carbamates (subject to hydrolysis) is 2. The molecule has 3 aromatic rings. The minimum atomic E-state index is -2.01. The average Bonchev–Trinajstić information content (AvgIpc) is 2.99. The summed E-state index contributed by atoms with van der Waals surface area (Å²) in [7, 11) is 1.50. The molecule has 268 valence electrons. The number of methoxy groups -OCH3 is 1. The lowest BCUT2D eigenvalue weighted by Gasteiger charge is -2.33. The summed E-state index contributed by atoms with van der Waals surface area (Å²) in [5.74, 6) is -1.49. The highest BCUT2D eigenvalue weighted by Gasteiger charge is 2.42. The molecule has 0 saturated heterocycles. The number of benzene rings is 2. The van der Waals surface area contributed by atoms with Crippen LogP contribution in [0.5, 0.6) is 11.5 Å². The first kappa shape index (κ1) is 38.6. The van der Waals surface area contributed by atoms with Gasteiger partial charge in [-0.25, -0.2) is 18.8 Å². The van der Waals surface area contributed by atoms with Crippen LogP contribution in [0.3, 0.4) is 0 Å². The van der Waals surface area contributed by atoms with Crippen LogP contribution >= 0.6 is 0 Å². The second kappa shape index (κ2) is 16.1. The standard InChI is InChI=1S/C36H48FN3O9/c1-9-20-47-27-17-16-26(37)28-29(27)40(21-25(30(28)41)23-12-14-24(46-8)15-13-23)22-36(31(42)43,39-33(45)49-35(5,6)7)18-10-11-19-38-32(44)48-34(2,3)4/h12-17,21H,9-11,18-20,22H2,1-8H3,(H,38,44)(H,39,45)(H,42,43)/t36-/m0/s1. The Morgan fingerprint density at radius 3 is 2.12 bits per heavy atom. The van der Waals surface area contributed by atoms with Crippen molar-refractivity contribution < 1.29 is 42.8 Å². The Kier molecular flexibility index (Phi) is 12.7. The Morgan fingerprint density at radius 2 is 1.55 bits per heavy atom. The predicted molar refractivity (Wildman–Crippen MR) is 184 cm³/mol. The summed E-state index contributed by atoms with van der Waals surface area (Å²) in [5.41, 5.74) is -3.69. The molecule has 0 radical (unpaired) electrons. The highest BCUT2D eigenvalue weighted by atomic mass is 19.1. The maximum absolute atomic E-state index is 15.6. The van der Waals surface area contributed by atoms with Crippen LogP contribution < -0.4 is 25.5 Å². The Bertz CT molecular complexity index is 1690.